The lowest BCUT2D eigenvalue weighted by Gasteiger charge is -2.27. The Balaban J connectivity index is 0.000000204. The number of carboxylic acids is 1. The number of nitrogens with zero attached hydrogens (tertiary/aromatic N) is 3. The number of aliphatic carboxylic acids is 1. The summed E-state index contributed by atoms with van der Waals surface area (Å²) in [4.78, 5) is 15.6. The molecule has 10 heteroatoms. The highest BCUT2D eigenvalue weighted by molar-refractivity contribution is 7.92. The van der Waals surface area contributed by atoms with Gasteiger partial charge in [0.1, 0.15) is 0 Å². The van der Waals surface area contributed by atoms with Gasteiger partial charge in [0.05, 0.1) is 16.6 Å². The van der Waals surface area contributed by atoms with Crippen molar-refractivity contribution in [2.45, 2.75) is 62.3 Å². The summed E-state index contributed by atoms with van der Waals surface area (Å²) in [7, 11) is 2.12. The fourth-order valence-electron chi connectivity index (χ4n) is 6.81. The molecule has 4 aromatic rings. The molecule has 0 aliphatic carbocycles. The highest BCUT2D eigenvalue weighted by atomic mass is 35.5. The summed E-state index contributed by atoms with van der Waals surface area (Å²) >= 11 is 6.12. The zero-order valence-electron chi connectivity index (χ0n) is 29.3. The van der Waals surface area contributed by atoms with Crippen LogP contribution in [0.4, 0.5) is 17.1 Å². The molecule has 0 bridgehead atoms. The topological polar surface area (TPSA) is 93.2 Å². The normalized spacial score (nSPS) is 15.8. The molecule has 266 valence electrons. The van der Waals surface area contributed by atoms with Gasteiger partial charge in [-0.3, -0.25) is 9.10 Å². The Hall–Kier alpha value is -3.89. The van der Waals surface area contributed by atoms with E-state index in [9.17, 15) is 13.2 Å². The average Bonchev–Trinajstić information content (AvgIpc) is 3.30. The standard InChI is InChI=1S/C21H25ClN2O4S.C19H24N2/c1-24-18-9-6-5-8-16(18)21(23-13-7-3-2-4-10-20(25)26)17-12-11-15(22)14-19(17)29(24,27)28;1-20(2)14-7-15-21-18-10-5-3-8-16(18)12-13-17-9-4-6-11-19(17)21/h5-6,8-9,11-12,14,21,23H,2-4,7,10,13H2,1H3,(H,25,26);3-6,8-11H,7,12-15H2,1-2H3. The molecular weight excluding hydrogens is 668 g/mol. The molecular formula is C40H49ClN4O4S. The van der Waals surface area contributed by atoms with E-state index in [1.165, 1.54) is 39.3 Å². The predicted octanol–water partition coefficient (Wildman–Crippen LogP) is 8.07. The molecule has 0 saturated carbocycles. The van der Waals surface area contributed by atoms with Crippen molar-refractivity contribution < 1.29 is 18.3 Å². The summed E-state index contributed by atoms with van der Waals surface area (Å²) in [5, 5.41) is 12.6. The minimum absolute atomic E-state index is 0.196. The molecule has 2 aliphatic heterocycles. The number of benzene rings is 4. The number of rotatable bonds is 12. The van der Waals surface area contributed by atoms with Crippen molar-refractivity contribution >= 4 is 44.7 Å². The third-order valence-corrected chi connectivity index (χ3v) is 11.5. The van der Waals surface area contributed by atoms with E-state index in [1.54, 1.807) is 25.2 Å². The summed E-state index contributed by atoms with van der Waals surface area (Å²) in [5.74, 6) is -0.765. The van der Waals surface area contributed by atoms with Crippen molar-refractivity contribution in [1.82, 2.24) is 10.2 Å². The van der Waals surface area contributed by atoms with Crippen molar-refractivity contribution in [3.63, 3.8) is 0 Å². The third-order valence-electron chi connectivity index (χ3n) is 9.39. The molecule has 0 aromatic heterocycles. The Morgan fingerprint density at radius 2 is 1.42 bits per heavy atom. The van der Waals surface area contributed by atoms with Crippen LogP contribution in [0.15, 0.2) is 95.9 Å². The quantitative estimate of drug-likeness (QED) is 0.143. The minimum Gasteiger partial charge on any atom is -0.481 e. The first-order valence-corrected chi connectivity index (χ1v) is 19.3. The predicted molar refractivity (Wildman–Crippen MR) is 205 cm³/mol. The SMILES string of the molecule is CN(C)CCCN1c2ccccc2CCc2ccccc21.CN1c2ccccc2C(NCCCCCCC(=O)O)c2ccc(Cl)cc2S1(=O)=O. The maximum Gasteiger partial charge on any atom is 0.303 e. The van der Waals surface area contributed by atoms with Crippen molar-refractivity contribution in [1.29, 1.82) is 0 Å². The summed E-state index contributed by atoms with van der Waals surface area (Å²) in [6.45, 7) is 2.89. The number of hydrogen-bond acceptors (Lipinski definition) is 6. The fourth-order valence-corrected chi connectivity index (χ4v) is 8.53. The van der Waals surface area contributed by atoms with Gasteiger partial charge in [-0.15, -0.1) is 0 Å². The van der Waals surface area contributed by atoms with Crippen molar-refractivity contribution in [3.8, 4) is 0 Å². The molecule has 6 rings (SSSR count). The van der Waals surface area contributed by atoms with Gasteiger partial charge in [-0.25, -0.2) is 8.42 Å². The summed E-state index contributed by atoms with van der Waals surface area (Å²) in [6.07, 6.45) is 6.97. The van der Waals surface area contributed by atoms with E-state index in [4.69, 9.17) is 16.7 Å². The maximum atomic E-state index is 13.2. The molecule has 0 fully saturated rings. The number of para-hydroxylation sites is 3. The molecule has 1 unspecified atom stereocenters. The number of carbonyl (C=O) groups is 1. The Morgan fingerprint density at radius 1 is 0.820 bits per heavy atom. The Morgan fingerprint density at radius 3 is 2.06 bits per heavy atom. The van der Waals surface area contributed by atoms with E-state index in [-0.39, 0.29) is 17.4 Å². The van der Waals surface area contributed by atoms with E-state index in [0.29, 0.717) is 29.2 Å². The van der Waals surface area contributed by atoms with E-state index < -0.39 is 16.0 Å². The Bertz CT molecular complexity index is 1820. The lowest BCUT2D eigenvalue weighted by molar-refractivity contribution is -0.137. The lowest BCUT2D eigenvalue weighted by atomic mass is 9.96. The van der Waals surface area contributed by atoms with Gasteiger partial charge >= 0.3 is 5.97 Å². The Labute approximate surface area is 302 Å². The number of carboxylic acid groups (broad SMARTS) is 1. The smallest absolute Gasteiger partial charge is 0.303 e. The van der Waals surface area contributed by atoms with Crippen LogP contribution in [0.3, 0.4) is 0 Å². The van der Waals surface area contributed by atoms with Crippen LogP contribution in [-0.4, -0.2) is 65.2 Å². The van der Waals surface area contributed by atoms with Crippen molar-refractivity contribution in [3.05, 3.63) is 118 Å². The van der Waals surface area contributed by atoms with Gasteiger partial charge in [0.25, 0.3) is 10.0 Å². The molecule has 4 aromatic carbocycles. The molecule has 50 heavy (non-hydrogen) atoms. The zero-order valence-corrected chi connectivity index (χ0v) is 30.9. The van der Waals surface area contributed by atoms with Crippen LogP contribution in [0.1, 0.15) is 66.8 Å². The highest BCUT2D eigenvalue weighted by Gasteiger charge is 2.34. The van der Waals surface area contributed by atoms with Gasteiger partial charge < -0.3 is 20.2 Å². The first-order valence-electron chi connectivity index (χ1n) is 17.5. The maximum absolute atomic E-state index is 13.2. The summed E-state index contributed by atoms with van der Waals surface area (Å²) in [6, 6.07) is 29.9. The lowest BCUT2D eigenvalue weighted by Crippen LogP contribution is -2.26. The summed E-state index contributed by atoms with van der Waals surface area (Å²) in [5.41, 5.74) is 7.93. The van der Waals surface area contributed by atoms with Crippen LogP contribution in [-0.2, 0) is 27.7 Å². The van der Waals surface area contributed by atoms with Crippen LogP contribution in [0.25, 0.3) is 0 Å². The summed E-state index contributed by atoms with van der Waals surface area (Å²) < 4.78 is 27.7. The van der Waals surface area contributed by atoms with E-state index in [2.05, 4.69) is 77.7 Å². The fraction of sp³-hybridized carbons (Fsp3) is 0.375. The second-order valence-electron chi connectivity index (χ2n) is 13.2. The molecule has 2 aliphatic rings. The number of unbranched alkanes of at least 4 members (excludes halogenated alkanes) is 3. The van der Waals surface area contributed by atoms with E-state index in [1.807, 2.05) is 18.2 Å². The molecule has 0 amide bonds. The molecule has 0 spiro atoms. The van der Waals surface area contributed by atoms with Crippen LogP contribution in [0.2, 0.25) is 5.02 Å². The van der Waals surface area contributed by atoms with Gasteiger partial charge in [0.15, 0.2) is 0 Å². The monoisotopic (exact) mass is 716 g/mol. The Kier molecular flexibility index (Phi) is 13.0. The number of fused-ring (bicyclic) bond motifs is 4. The molecule has 8 nitrogen and oxygen atoms in total. The van der Waals surface area contributed by atoms with Crippen molar-refractivity contribution in [2.75, 3.05) is 50.0 Å². The number of aryl methyl sites for hydroxylation is 2. The van der Waals surface area contributed by atoms with Gasteiger partial charge in [-0.1, -0.05) is 85.1 Å². The van der Waals surface area contributed by atoms with Crippen LogP contribution < -0.4 is 14.5 Å². The van der Waals surface area contributed by atoms with Gasteiger partial charge in [0, 0.05) is 36.4 Å². The number of sulfonamides is 1. The number of anilines is 3. The number of nitrogens with one attached hydrogen (secondary N) is 1. The zero-order chi connectivity index (χ0) is 35.7. The van der Waals surface area contributed by atoms with Crippen LogP contribution in [0, 0.1) is 0 Å². The number of halogens is 1. The van der Waals surface area contributed by atoms with E-state index in [0.717, 1.165) is 50.8 Å². The number of hydrogen-bond donors (Lipinski definition) is 2. The van der Waals surface area contributed by atoms with E-state index >= 15 is 0 Å². The highest BCUT2D eigenvalue weighted by Crippen LogP contribution is 2.41. The second kappa shape index (κ2) is 17.4. The van der Waals surface area contributed by atoms with Crippen LogP contribution >= 0.6 is 11.6 Å². The van der Waals surface area contributed by atoms with Gasteiger partial charge in [-0.2, -0.15) is 0 Å². The third kappa shape index (κ3) is 9.06. The average molecular weight is 717 g/mol. The largest absolute Gasteiger partial charge is 0.481 e. The van der Waals surface area contributed by atoms with Gasteiger partial charge in [0.2, 0.25) is 0 Å². The molecule has 0 saturated heterocycles. The first kappa shape index (κ1) is 37.4. The molecule has 1 atom stereocenters. The first-order chi connectivity index (χ1) is 24.1. The minimum atomic E-state index is -3.72. The van der Waals surface area contributed by atoms with Crippen LogP contribution in [0.5, 0.6) is 0 Å². The molecule has 0 radical (unpaired) electrons. The molecule has 2 N–H and O–H groups in total. The molecule has 2 heterocycles. The second-order valence-corrected chi connectivity index (χ2v) is 15.6. The van der Waals surface area contributed by atoms with Crippen molar-refractivity contribution in [2.24, 2.45) is 0 Å². The van der Waals surface area contributed by atoms with Gasteiger partial charge in [-0.05, 0) is 112 Å².